The summed E-state index contributed by atoms with van der Waals surface area (Å²) in [6, 6.07) is 0.742. The highest BCUT2D eigenvalue weighted by Crippen LogP contribution is 2.38. The zero-order valence-corrected chi connectivity index (χ0v) is 12.8. The molecule has 1 saturated heterocycles. The largest absolute Gasteiger partial charge is 0.381 e. The van der Waals surface area contributed by atoms with E-state index >= 15 is 0 Å². The average molecular weight is 271 g/mol. The summed E-state index contributed by atoms with van der Waals surface area (Å²) in [4.78, 5) is 0. The maximum absolute atomic E-state index is 5.47. The van der Waals surface area contributed by atoms with Gasteiger partial charge in [0, 0.05) is 29.8 Å². The van der Waals surface area contributed by atoms with Crippen LogP contribution in [-0.2, 0) is 4.74 Å². The number of hydrogen-bond acceptors (Lipinski definition) is 3. The van der Waals surface area contributed by atoms with Crippen LogP contribution in [0.4, 0.5) is 0 Å². The molecule has 18 heavy (non-hydrogen) atoms. The van der Waals surface area contributed by atoms with Crippen molar-refractivity contribution >= 4 is 11.8 Å². The van der Waals surface area contributed by atoms with Crippen molar-refractivity contribution in [2.75, 3.05) is 20.3 Å². The van der Waals surface area contributed by atoms with Gasteiger partial charge in [-0.1, -0.05) is 19.8 Å². The SMILES string of the molecule is CCCC1CCC(NC)C(SC2CCOCC2)C1. The van der Waals surface area contributed by atoms with E-state index in [-0.39, 0.29) is 0 Å². The Morgan fingerprint density at radius 2 is 1.94 bits per heavy atom. The molecular formula is C15H29NOS. The number of ether oxygens (including phenoxy) is 1. The summed E-state index contributed by atoms with van der Waals surface area (Å²) in [6.45, 7) is 4.28. The summed E-state index contributed by atoms with van der Waals surface area (Å²) in [6.07, 6.45) is 9.55. The van der Waals surface area contributed by atoms with Crippen molar-refractivity contribution in [2.45, 2.75) is 68.4 Å². The molecule has 0 spiro atoms. The first-order valence-electron chi connectivity index (χ1n) is 7.74. The molecule has 1 aliphatic heterocycles. The fourth-order valence-corrected chi connectivity index (χ4v) is 5.23. The van der Waals surface area contributed by atoms with Crippen LogP contribution in [0.3, 0.4) is 0 Å². The Hall–Kier alpha value is 0.270. The summed E-state index contributed by atoms with van der Waals surface area (Å²) in [5.41, 5.74) is 0. The third-order valence-corrected chi connectivity index (χ3v) is 6.23. The van der Waals surface area contributed by atoms with Gasteiger partial charge in [-0.15, -0.1) is 0 Å². The van der Waals surface area contributed by atoms with Gasteiger partial charge in [0.2, 0.25) is 0 Å². The second-order valence-corrected chi connectivity index (χ2v) is 7.39. The van der Waals surface area contributed by atoms with Gasteiger partial charge in [0.1, 0.15) is 0 Å². The Kier molecular flexibility index (Phi) is 6.33. The van der Waals surface area contributed by atoms with Crippen molar-refractivity contribution in [3.05, 3.63) is 0 Å². The van der Waals surface area contributed by atoms with E-state index in [0.29, 0.717) is 0 Å². The highest BCUT2D eigenvalue weighted by atomic mass is 32.2. The van der Waals surface area contributed by atoms with Crippen LogP contribution in [0.1, 0.15) is 51.9 Å². The first kappa shape index (κ1) is 14.7. The van der Waals surface area contributed by atoms with Gasteiger partial charge >= 0.3 is 0 Å². The molecule has 0 radical (unpaired) electrons. The Balaban J connectivity index is 1.84. The molecule has 106 valence electrons. The van der Waals surface area contributed by atoms with E-state index in [1.54, 1.807) is 0 Å². The number of rotatable bonds is 5. The van der Waals surface area contributed by atoms with Crippen LogP contribution in [0.25, 0.3) is 0 Å². The normalized spacial score (nSPS) is 34.7. The molecule has 2 rings (SSSR count). The topological polar surface area (TPSA) is 21.3 Å². The second kappa shape index (κ2) is 7.76. The lowest BCUT2D eigenvalue weighted by molar-refractivity contribution is 0.0997. The monoisotopic (exact) mass is 271 g/mol. The molecule has 0 amide bonds. The molecule has 2 aliphatic rings. The molecule has 2 nitrogen and oxygen atoms in total. The first-order valence-corrected chi connectivity index (χ1v) is 8.68. The van der Waals surface area contributed by atoms with Gasteiger partial charge in [-0.25, -0.2) is 0 Å². The quantitative estimate of drug-likeness (QED) is 0.827. The lowest BCUT2D eigenvalue weighted by Crippen LogP contribution is -2.42. The van der Waals surface area contributed by atoms with E-state index in [2.05, 4.69) is 31.1 Å². The maximum Gasteiger partial charge on any atom is 0.0476 e. The first-order chi connectivity index (χ1) is 8.83. The molecule has 1 aliphatic carbocycles. The predicted molar refractivity (Wildman–Crippen MR) is 80.3 cm³/mol. The molecule has 0 aromatic carbocycles. The van der Waals surface area contributed by atoms with Crippen LogP contribution in [0.5, 0.6) is 0 Å². The van der Waals surface area contributed by atoms with Crippen molar-refractivity contribution in [3.63, 3.8) is 0 Å². The van der Waals surface area contributed by atoms with Gasteiger partial charge in [-0.2, -0.15) is 11.8 Å². The van der Waals surface area contributed by atoms with Crippen LogP contribution >= 0.6 is 11.8 Å². The minimum absolute atomic E-state index is 0.742. The summed E-state index contributed by atoms with van der Waals surface area (Å²) in [5, 5.41) is 5.24. The van der Waals surface area contributed by atoms with Crippen LogP contribution in [-0.4, -0.2) is 36.8 Å². The van der Waals surface area contributed by atoms with Gasteiger partial charge in [0.25, 0.3) is 0 Å². The standard InChI is InChI=1S/C15H29NOS/c1-3-4-12-5-6-14(16-2)15(11-12)18-13-7-9-17-10-8-13/h12-16H,3-11H2,1-2H3. The lowest BCUT2D eigenvalue weighted by Gasteiger charge is -2.38. The Morgan fingerprint density at radius 1 is 1.17 bits per heavy atom. The van der Waals surface area contributed by atoms with E-state index in [1.807, 2.05) is 0 Å². The third-order valence-electron chi connectivity index (χ3n) is 4.50. The van der Waals surface area contributed by atoms with Crippen molar-refractivity contribution in [1.29, 1.82) is 0 Å². The highest BCUT2D eigenvalue weighted by Gasteiger charge is 2.31. The third kappa shape index (κ3) is 4.14. The second-order valence-electron chi connectivity index (χ2n) is 5.85. The highest BCUT2D eigenvalue weighted by molar-refractivity contribution is 8.00. The predicted octanol–water partition coefficient (Wildman–Crippen LogP) is 3.46. The summed E-state index contributed by atoms with van der Waals surface area (Å²) in [7, 11) is 2.14. The smallest absolute Gasteiger partial charge is 0.0476 e. The van der Waals surface area contributed by atoms with Gasteiger partial charge in [0.05, 0.1) is 0 Å². The van der Waals surface area contributed by atoms with Gasteiger partial charge in [-0.3, -0.25) is 0 Å². The minimum atomic E-state index is 0.742. The molecule has 1 heterocycles. The molecule has 0 bridgehead atoms. The number of thioether (sulfide) groups is 1. The Bertz CT molecular complexity index is 231. The van der Waals surface area contributed by atoms with Crippen LogP contribution in [0.2, 0.25) is 0 Å². The minimum Gasteiger partial charge on any atom is -0.381 e. The summed E-state index contributed by atoms with van der Waals surface area (Å²) in [5.74, 6) is 0.983. The Labute approximate surface area is 117 Å². The van der Waals surface area contributed by atoms with Gasteiger partial charge < -0.3 is 10.1 Å². The molecule has 1 saturated carbocycles. The van der Waals surface area contributed by atoms with E-state index in [0.717, 1.165) is 35.7 Å². The van der Waals surface area contributed by atoms with Crippen molar-refractivity contribution in [3.8, 4) is 0 Å². The fraction of sp³-hybridized carbons (Fsp3) is 1.00. The summed E-state index contributed by atoms with van der Waals surface area (Å²) >= 11 is 2.26. The molecule has 0 aromatic heterocycles. The van der Waals surface area contributed by atoms with Crippen molar-refractivity contribution in [2.24, 2.45) is 5.92 Å². The van der Waals surface area contributed by atoms with Crippen LogP contribution in [0.15, 0.2) is 0 Å². The molecule has 2 fully saturated rings. The van der Waals surface area contributed by atoms with Gasteiger partial charge in [0.15, 0.2) is 0 Å². The molecule has 1 N–H and O–H groups in total. The molecular weight excluding hydrogens is 242 g/mol. The molecule has 3 atom stereocenters. The number of hydrogen-bond donors (Lipinski definition) is 1. The van der Waals surface area contributed by atoms with E-state index in [9.17, 15) is 0 Å². The van der Waals surface area contributed by atoms with Crippen molar-refractivity contribution in [1.82, 2.24) is 5.32 Å². The van der Waals surface area contributed by atoms with E-state index in [4.69, 9.17) is 4.74 Å². The zero-order valence-electron chi connectivity index (χ0n) is 12.0. The lowest BCUT2D eigenvalue weighted by atomic mass is 9.83. The van der Waals surface area contributed by atoms with E-state index in [1.165, 1.54) is 44.9 Å². The molecule has 3 unspecified atom stereocenters. The molecule has 0 aromatic rings. The van der Waals surface area contributed by atoms with Crippen LogP contribution in [0, 0.1) is 5.92 Å². The van der Waals surface area contributed by atoms with Gasteiger partial charge in [-0.05, 0) is 45.1 Å². The Morgan fingerprint density at radius 3 is 2.61 bits per heavy atom. The van der Waals surface area contributed by atoms with Crippen LogP contribution < -0.4 is 5.32 Å². The number of nitrogens with one attached hydrogen (secondary N) is 1. The van der Waals surface area contributed by atoms with Crippen molar-refractivity contribution < 1.29 is 4.74 Å². The average Bonchev–Trinajstić information content (AvgIpc) is 2.41. The summed E-state index contributed by atoms with van der Waals surface area (Å²) < 4.78 is 5.47. The fourth-order valence-electron chi connectivity index (χ4n) is 3.42. The zero-order chi connectivity index (χ0) is 12.8. The van der Waals surface area contributed by atoms with E-state index < -0.39 is 0 Å². The molecule has 3 heteroatoms. The maximum atomic E-state index is 5.47.